The van der Waals surface area contributed by atoms with Crippen LogP contribution in [0.25, 0.3) is 0 Å². The maximum Gasteiger partial charge on any atom is 0.338 e. The van der Waals surface area contributed by atoms with Crippen LogP contribution in [0.1, 0.15) is 45.1 Å². The van der Waals surface area contributed by atoms with E-state index in [2.05, 4.69) is 6.92 Å². The number of carbonyl (C=O) groups is 1. The lowest BCUT2D eigenvalue weighted by molar-refractivity contribution is -0.139. The van der Waals surface area contributed by atoms with Crippen molar-refractivity contribution in [3.05, 3.63) is 51.6 Å². The lowest BCUT2D eigenvalue weighted by Gasteiger charge is -2.27. The standard InChI is InChI=1S/C20H23ClN2O4/c1-4-6-9-26-16-8-7-13(10-15(16)21)18-14(11-22)19(23)27-12(3)17(18)20(24)25-5-2/h7-8,10,18H,4-6,9,23H2,1-3H3. The third-order valence-electron chi connectivity index (χ3n) is 4.15. The van der Waals surface area contributed by atoms with E-state index < -0.39 is 11.9 Å². The average Bonchev–Trinajstić information content (AvgIpc) is 2.62. The molecule has 0 bridgehead atoms. The molecule has 0 saturated heterocycles. The molecule has 1 aromatic carbocycles. The van der Waals surface area contributed by atoms with E-state index in [9.17, 15) is 10.1 Å². The largest absolute Gasteiger partial charge is 0.492 e. The second kappa shape index (κ2) is 9.33. The van der Waals surface area contributed by atoms with Crippen LogP contribution in [0.15, 0.2) is 41.0 Å². The van der Waals surface area contributed by atoms with Gasteiger partial charge in [-0.25, -0.2) is 4.79 Å². The van der Waals surface area contributed by atoms with Gasteiger partial charge < -0.3 is 19.9 Å². The summed E-state index contributed by atoms with van der Waals surface area (Å²) >= 11 is 6.36. The zero-order valence-electron chi connectivity index (χ0n) is 15.7. The van der Waals surface area contributed by atoms with Gasteiger partial charge in [-0.2, -0.15) is 5.26 Å². The fraction of sp³-hybridized carbons (Fsp3) is 0.400. The molecule has 2 N–H and O–H groups in total. The first-order valence-electron chi connectivity index (χ1n) is 8.82. The van der Waals surface area contributed by atoms with Crippen LogP contribution >= 0.6 is 11.6 Å². The molecule has 1 aliphatic rings. The summed E-state index contributed by atoms with van der Waals surface area (Å²) in [6.07, 6.45) is 1.94. The third-order valence-corrected chi connectivity index (χ3v) is 4.44. The minimum absolute atomic E-state index is 0.0348. The molecule has 7 heteroatoms. The van der Waals surface area contributed by atoms with E-state index in [4.69, 9.17) is 31.5 Å². The Bertz CT molecular complexity index is 824. The highest BCUT2D eigenvalue weighted by Gasteiger charge is 2.36. The number of ether oxygens (including phenoxy) is 3. The Labute approximate surface area is 164 Å². The van der Waals surface area contributed by atoms with Crippen LogP contribution in [0, 0.1) is 11.3 Å². The van der Waals surface area contributed by atoms with Crippen LogP contribution < -0.4 is 10.5 Å². The van der Waals surface area contributed by atoms with Gasteiger partial charge in [-0.3, -0.25) is 0 Å². The first-order valence-corrected chi connectivity index (χ1v) is 9.20. The van der Waals surface area contributed by atoms with Gasteiger partial charge in [0.05, 0.1) is 29.7 Å². The molecule has 1 aliphatic heterocycles. The van der Waals surface area contributed by atoms with Crippen LogP contribution in [-0.4, -0.2) is 19.2 Å². The number of nitriles is 1. The molecule has 0 spiro atoms. The number of halogens is 1. The number of esters is 1. The van der Waals surface area contributed by atoms with E-state index >= 15 is 0 Å². The summed E-state index contributed by atoms with van der Waals surface area (Å²) in [4.78, 5) is 12.5. The van der Waals surface area contributed by atoms with Crippen molar-refractivity contribution >= 4 is 17.6 Å². The van der Waals surface area contributed by atoms with Gasteiger partial charge in [0.1, 0.15) is 23.2 Å². The smallest absolute Gasteiger partial charge is 0.338 e. The number of allylic oxidation sites excluding steroid dienone is 2. The molecule has 1 aromatic rings. The van der Waals surface area contributed by atoms with Gasteiger partial charge in [-0.15, -0.1) is 0 Å². The molecule has 0 radical (unpaired) electrons. The van der Waals surface area contributed by atoms with Gasteiger partial charge in [0.25, 0.3) is 0 Å². The van der Waals surface area contributed by atoms with Crippen LogP contribution in [0.5, 0.6) is 5.75 Å². The summed E-state index contributed by atoms with van der Waals surface area (Å²) in [6, 6.07) is 7.21. The second-order valence-electron chi connectivity index (χ2n) is 6.01. The Hall–Kier alpha value is -2.65. The van der Waals surface area contributed by atoms with E-state index in [1.165, 1.54) is 0 Å². The SMILES string of the molecule is CCCCOc1ccc(C2C(C#N)=C(N)OC(C)=C2C(=O)OCC)cc1Cl. The average molecular weight is 391 g/mol. The first-order chi connectivity index (χ1) is 12.9. The zero-order valence-corrected chi connectivity index (χ0v) is 16.4. The molecule has 0 amide bonds. The Morgan fingerprint density at radius 2 is 2.15 bits per heavy atom. The molecular weight excluding hydrogens is 368 g/mol. The number of unbranched alkanes of at least 4 members (excludes halogenated alkanes) is 1. The van der Waals surface area contributed by atoms with E-state index in [-0.39, 0.29) is 23.6 Å². The minimum Gasteiger partial charge on any atom is -0.492 e. The Morgan fingerprint density at radius 1 is 1.41 bits per heavy atom. The quantitative estimate of drug-likeness (QED) is 0.554. The van der Waals surface area contributed by atoms with Gasteiger partial charge in [0.15, 0.2) is 0 Å². The van der Waals surface area contributed by atoms with Crippen LogP contribution in [0.3, 0.4) is 0 Å². The summed E-state index contributed by atoms with van der Waals surface area (Å²) in [6.45, 7) is 6.17. The van der Waals surface area contributed by atoms with Crippen molar-refractivity contribution in [2.24, 2.45) is 5.73 Å². The number of carbonyl (C=O) groups excluding carboxylic acids is 1. The van der Waals surface area contributed by atoms with Gasteiger partial charge >= 0.3 is 5.97 Å². The predicted molar refractivity (Wildman–Crippen MR) is 102 cm³/mol. The summed E-state index contributed by atoms with van der Waals surface area (Å²) in [5.74, 6) is -0.457. The highest BCUT2D eigenvalue weighted by atomic mass is 35.5. The molecule has 2 rings (SSSR count). The molecule has 0 saturated carbocycles. The molecule has 1 heterocycles. The molecule has 27 heavy (non-hydrogen) atoms. The summed E-state index contributed by atoms with van der Waals surface area (Å²) in [5.41, 5.74) is 6.89. The molecule has 1 unspecified atom stereocenters. The van der Waals surface area contributed by atoms with Crippen LogP contribution in [0.2, 0.25) is 5.02 Å². The van der Waals surface area contributed by atoms with Crippen molar-refractivity contribution in [2.45, 2.75) is 39.5 Å². The summed E-state index contributed by atoms with van der Waals surface area (Å²) in [5, 5.41) is 9.97. The molecular formula is C20H23ClN2O4. The maximum absolute atomic E-state index is 12.5. The van der Waals surface area contributed by atoms with E-state index in [0.717, 1.165) is 12.8 Å². The van der Waals surface area contributed by atoms with Crippen molar-refractivity contribution in [1.82, 2.24) is 0 Å². The number of hydrogen-bond acceptors (Lipinski definition) is 6. The van der Waals surface area contributed by atoms with Crippen LogP contribution in [-0.2, 0) is 14.3 Å². The Balaban J connectivity index is 2.47. The van der Waals surface area contributed by atoms with E-state index in [1.807, 2.05) is 6.07 Å². The lowest BCUT2D eigenvalue weighted by atomic mass is 9.83. The number of rotatable bonds is 7. The first kappa shape index (κ1) is 20.7. The minimum atomic E-state index is -0.718. The van der Waals surface area contributed by atoms with Gasteiger partial charge in [-0.05, 0) is 38.0 Å². The van der Waals surface area contributed by atoms with Crippen LogP contribution in [0.4, 0.5) is 0 Å². The fourth-order valence-electron chi connectivity index (χ4n) is 2.83. The molecule has 6 nitrogen and oxygen atoms in total. The van der Waals surface area contributed by atoms with E-state index in [0.29, 0.717) is 28.7 Å². The van der Waals surface area contributed by atoms with Crippen molar-refractivity contribution in [3.63, 3.8) is 0 Å². The van der Waals surface area contributed by atoms with Crippen molar-refractivity contribution in [3.8, 4) is 11.8 Å². The number of nitrogens with two attached hydrogens (primary N) is 1. The normalized spacial score (nSPS) is 16.6. The van der Waals surface area contributed by atoms with Gasteiger partial charge in [0.2, 0.25) is 5.88 Å². The lowest BCUT2D eigenvalue weighted by Crippen LogP contribution is -2.25. The maximum atomic E-state index is 12.5. The molecule has 0 aliphatic carbocycles. The topological polar surface area (TPSA) is 94.6 Å². The molecule has 0 aromatic heterocycles. The summed E-state index contributed by atoms with van der Waals surface area (Å²) < 4.78 is 16.2. The van der Waals surface area contributed by atoms with Crippen molar-refractivity contribution < 1.29 is 19.0 Å². The second-order valence-corrected chi connectivity index (χ2v) is 6.41. The number of nitrogens with zero attached hydrogens (tertiary/aromatic N) is 1. The van der Waals surface area contributed by atoms with E-state index in [1.54, 1.807) is 32.0 Å². The van der Waals surface area contributed by atoms with Gasteiger partial charge in [-0.1, -0.05) is 31.0 Å². The fourth-order valence-corrected chi connectivity index (χ4v) is 3.07. The number of benzene rings is 1. The monoisotopic (exact) mass is 390 g/mol. The summed E-state index contributed by atoms with van der Waals surface area (Å²) in [7, 11) is 0. The molecule has 0 fully saturated rings. The highest BCUT2D eigenvalue weighted by molar-refractivity contribution is 6.32. The Morgan fingerprint density at radius 3 is 2.74 bits per heavy atom. The van der Waals surface area contributed by atoms with Gasteiger partial charge in [0, 0.05) is 0 Å². The molecule has 144 valence electrons. The Kier molecular flexibility index (Phi) is 7.14. The molecule has 1 atom stereocenters. The third kappa shape index (κ3) is 4.55. The van der Waals surface area contributed by atoms with Crippen molar-refractivity contribution in [2.75, 3.05) is 13.2 Å². The number of hydrogen-bond donors (Lipinski definition) is 1. The zero-order chi connectivity index (χ0) is 20.0. The highest BCUT2D eigenvalue weighted by Crippen LogP contribution is 2.41. The van der Waals surface area contributed by atoms with Crippen molar-refractivity contribution in [1.29, 1.82) is 5.26 Å². The predicted octanol–water partition coefficient (Wildman–Crippen LogP) is 4.16.